The molecule has 2 heterocycles. The van der Waals surface area contributed by atoms with E-state index in [0.717, 1.165) is 56.2 Å². The van der Waals surface area contributed by atoms with Gasteiger partial charge >= 0.3 is 0 Å². The van der Waals surface area contributed by atoms with Gasteiger partial charge < -0.3 is 4.90 Å². The Bertz CT molecular complexity index is 757. The highest BCUT2D eigenvalue weighted by Crippen LogP contribution is 2.18. The van der Waals surface area contributed by atoms with Crippen molar-refractivity contribution < 1.29 is 4.79 Å². The minimum absolute atomic E-state index is 0.130. The molecule has 0 saturated carbocycles. The van der Waals surface area contributed by atoms with Crippen molar-refractivity contribution in [2.45, 2.75) is 40.8 Å². The van der Waals surface area contributed by atoms with Crippen LogP contribution in [0.4, 0.5) is 0 Å². The van der Waals surface area contributed by atoms with Crippen LogP contribution in [0.25, 0.3) is 0 Å². The SMILES string of the molecule is CCn1nc(C)c(C(=O)N2CCN(Cc3ccccc3C)CC2)c1C. The zero-order valence-corrected chi connectivity index (χ0v) is 15.7. The molecule has 1 aromatic heterocycles. The van der Waals surface area contributed by atoms with Gasteiger partial charge in [0.2, 0.25) is 0 Å². The average molecular weight is 340 g/mol. The van der Waals surface area contributed by atoms with Gasteiger partial charge in [0, 0.05) is 45.0 Å². The van der Waals surface area contributed by atoms with Gasteiger partial charge in [-0.25, -0.2) is 0 Å². The van der Waals surface area contributed by atoms with Crippen molar-refractivity contribution in [2.75, 3.05) is 26.2 Å². The summed E-state index contributed by atoms with van der Waals surface area (Å²) in [5.41, 5.74) is 5.31. The lowest BCUT2D eigenvalue weighted by atomic mass is 10.1. The molecule has 0 radical (unpaired) electrons. The summed E-state index contributed by atoms with van der Waals surface area (Å²) < 4.78 is 1.91. The van der Waals surface area contributed by atoms with Crippen LogP contribution in [-0.2, 0) is 13.1 Å². The maximum atomic E-state index is 12.9. The van der Waals surface area contributed by atoms with Gasteiger partial charge in [-0.15, -0.1) is 0 Å². The molecule has 134 valence electrons. The molecule has 5 nitrogen and oxygen atoms in total. The van der Waals surface area contributed by atoms with E-state index in [2.05, 4.69) is 48.1 Å². The average Bonchev–Trinajstić information content (AvgIpc) is 2.91. The number of aromatic nitrogens is 2. The molecule has 0 bridgehead atoms. The number of rotatable bonds is 4. The van der Waals surface area contributed by atoms with E-state index in [1.165, 1.54) is 11.1 Å². The van der Waals surface area contributed by atoms with Crippen LogP contribution < -0.4 is 0 Å². The van der Waals surface area contributed by atoms with E-state index >= 15 is 0 Å². The Balaban J connectivity index is 1.63. The summed E-state index contributed by atoms with van der Waals surface area (Å²) in [4.78, 5) is 17.4. The molecule has 1 amide bonds. The lowest BCUT2D eigenvalue weighted by Crippen LogP contribution is -2.48. The summed E-state index contributed by atoms with van der Waals surface area (Å²) >= 11 is 0. The van der Waals surface area contributed by atoms with Gasteiger partial charge in [-0.05, 0) is 38.8 Å². The maximum Gasteiger partial charge on any atom is 0.257 e. The van der Waals surface area contributed by atoms with Crippen molar-refractivity contribution in [3.63, 3.8) is 0 Å². The van der Waals surface area contributed by atoms with Gasteiger partial charge in [0.1, 0.15) is 0 Å². The largest absolute Gasteiger partial charge is 0.336 e. The third kappa shape index (κ3) is 3.61. The normalized spacial score (nSPS) is 15.6. The third-order valence-corrected chi connectivity index (χ3v) is 5.21. The molecule has 1 aromatic carbocycles. The molecule has 0 unspecified atom stereocenters. The summed E-state index contributed by atoms with van der Waals surface area (Å²) in [5.74, 6) is 0.130. The number of aryl methyl sites for hydroxylation is 3. The van der Waals surface area contributed by atoms with E-state index in [9.17, 15) is 4.79 Å². The molecular formula is C20H28N4O. The number of hydrogen-bond donors (Lipinski definition) is 0. The smallest absolute Gasteiger partial charge is 0.257 e. The zero-order chi connectivity index (χ0) is 18.0. The van der Waals surface area contributed by atoms with Gasteiger partial charge in [-0.2, -0.15) is 5.10 Å². The van der Waals surface area contributed by atoms with E-state index in [1.54, 1.807) is 0 Å². The number of amides is 1. The Morgan fingerprint density at radius 2 is 1.76 bits per heavy atom. The Hall–Kier alpha value is -2.14. The fraction of sp³-hybridized carbons (Fsp3) is 0.500. The monoisotopic (exact) mass is 340 g/mol. The van der Waals surface area contributed by atoms with E-state index in [0.29, 0.717) is 0 Å². The predicted molar refractivity (Wildman–Crippen MR) is 99.7 cm³/mol. The van der Waals surface area contributed by atoms with Crippen molar-refractivity contribution in [1.82, 2.24) is 19.6 Å². The Morgan fingerprint density at radius 3 is 2.36 bits per heavy atom. The number of carbonyl (C=O) groups is 1. The van der Waals surface area contributed by atoms with Gasteiger partial charge in [-0.3, -0.25) is 14.4 Å². The molecule has 0 aliphatic carbocycles. The Labute approximate surface area is 150 Å². The molecule has 0 N–H and O–H groups in total. The lowest BCUT2D eigenvalue weighted by molar-refractivity contribution is 0.0626. The highest BCUT2D eigenvalue weighted by molar-refractivity contribution is 5.96. The van der Waals surface area contributed by atoms with Crippen molar-refractivity contribution in [1.29, 1.82) is 0 Å². The van der Waals surface area contributed by atoms with Crippen LogP contribution in [0.2, 0.25) is 0 Å². The van der Waals surface area contributed by atoms with Gasteiger partial charge in [-0.1, -0.05) is 24.3 Å². The molecule has 5 heteroatoms. The first-order valence-corrected chi connectivity index (χ1v) is 9.11. The quantitative estimate of drug-likeness (QED) is 0.859. The second-order valence-corrected chi connectivity index (χ2v) is 6.86. The van der Waals surface area contributed by atoms with Gasteiger partial charge in [0.25, 0.3) is 5.91 Å². The molecule has 1 fully saturated rings. The van der Waals surface area contributed by atoms with Crippen molar-refractivity contribution in [3.8, 4) is 0 Å². The molecule has 0 spiro atoms. The lowest BCUT2D eigenvalue weighted by Gasteiger charge is -2.35. The summed E-state index contributed by atoms with van der Waals surface area (Å²) in [7, 11) is 0. The standard InChI is InChI=1S/C20H28N4O/c1-5-24-17(4)19(16(3)21-24)20(25)23-12-10-22(11-13-23)14-18-9-7-6-8-15(18)2/h6-9H,5,10-14H2,1-4H3. The molecule has 0 atom stereocenters. The van der Waals surface area contributed by atoms with Crippen molar-refractivity contribution in [2.24, 2.45) is 0 Å². The maximum absolute atomic E-state index is 12.9. The number of benzene rings is 1. The Morgan fingerprint density at radius 1 is 1.08 bits per heavy atom. The third-order valence-electron chi connectivity index (χ3n) is 5.21. The highest BCUT2D eigenvalue weighted by Gasteiger charge is 2.26. The fourth-order valence-electron chi connectivity index (χ4n) is 3.61. The molecule has 1 aliphatic rings. The number of carbonyl (C=O) groups excluding carboxylic acids is 1. The van der Waals surface area contributed by atoms with Gasteiger partial charge in [0.15, 0.2) is 0 Å². The summed E-state index contributed by atoms with van der Waals surface area (Å²) in [6.07, 6.45) is 0. The minimum atomic E-state index is 0.130. The van der Waals surface area contributed by atoms with E-state index < -0.39 is 0 Å². The first kappa shape index (κ1) is 17.7. The molecular weight excluding hydrogens is 312 g/mol. The molecule has 2 aromatic rings. The molecule has 1 aliphatic heterocycles. The van der Waals surface area contributed by atoms with Crippen LogP contribution >= 0.6 is 0 Å². The van der Waals surface area contributed by atoms with Crippen LogP contribution in [0.15, 0.2) is 24.3 Å². The van der Waals surface area contributed by atoms with Gasteiger partial charge in [0.05, 0.1) is 11.3 Å². The molecule has 1 saturated heterocycles. The van der Waals surface area contributed by atoms with Crippen molar-refractivity contribution >= 4 is 5.91 Å². The second kappa shape index (κ2) is 7.40. The fourth-order valence-corrected chi connectivity index (χ4v) is 3.61. The zero-order valence-electron chi connectivity index (χ0n) is 15.7. The first-order chi connectivity index (χ1) is 12.0. The molecule has 3 rings (SSSR count). The molecule has 25 heavy (non-hydrogen) atoms. The minimum Gasteiger partial charge on any atom is -0.336 e. The number of nitrogens with zero attached hydrogens (tertiary/aromatic N) is 4. The Kier molecular flexibility index (Phi) is 5.23. The number of hydrogen-bond acceptors (Lipinski definition) is 3. The van der Waals surface area contributed by atoms with E-state index in [-0.39, 0.29) is 5.91 Å². The summed E-state index contributed by atoms with van der Waals surface area (Å²) in [6, 6.07) is 8.53. The predicted octanol–water partition coefficient (Wildman–Crippen LogP) is 2.79. The van der Waals surface area contributed by atoms with E-state index in [4.69, 9.17) is 0 Å². The van der Waals surface area contributed by atoms with E-state index in [1.807, 2.05) is 23.4 Å². The van der Waals surface area contributed by atoms with Crippen LogP contribution in [-0.4, -0.2) is 51.7 Å². The topological polar surface area (TPSA) is 41.4 Å². The number of piperazine rings is 1. The van der Waals surface area contributed by atoms with Crippen LogP contribution in [0.5, 0.6) is 0 Å². The van der Waals surface area contributed by atoms with Crippen LogP contribution in [0.1, 0.15) is 39.8 Å². The summed E-state index contributed by atoms with van der Waals surface area (Å²) in [6.45, 7) is 13.3. The highest BCUT2D eigenvalue weighted by atomic mass is 16.2. The van der Waals surface area contributed by atoms with Crippen LogP contribution in [0, 0.1) is 20.8 Å². The van der Waals surface area contributed by atoms with Crippen molar-refractivity contribution in [3.05, 3.63) is 52.3 Å². The summed E-state index contributed by atoms with van der Waals surface area (Å²) in [5, 5.41) is 4.48. The first-order valence-electron chi connectivity index (χ1n) is 9.11. The van der Waals surface area contributed by atoms with Crippen LogP contribution in [0.3, 0.4) is 0 Å². The second-order valence-electron chi connectivity index (χ2n) is 6.86.